The Labute approximate surface area is 106 Å². The molecule has 7 heteroatoms. The molecule has 1 aromatic heterocycles. The van der Waals surface area contributed by atoms with Crippen molar-refractivity contribution in [2.24, 2.45) is 0 Å². The van der Waals surface area contributed by atoms with E-state index in [0.717, 1.165) is 0 Å². The summed E-state index contributed by atoms with van der Waals surface area (Å²) >= 11 is 0. The second kappa shape index (κ2) is 4.68. The number of nitrogen functional groups attached to an aromatic ring is 1. The fourth-order valence-electron chi connectivity index (χ4n) is 1.48. The summed E-state index contributed by atoms with van der Waals surface area (Å²) in [6, 6.07) is 6.73. The first kappa shape index (κ1) is 13.0. The number of alkyl halides is 3. The number of nitrogens with zero attached hydrogens (tertiary/aromatic N) is 1. The molecule has 0 bridgehead atoms. The zero-order valence-corrected chi connectivity index (χ0v) is 9.48. The molecule has 0 spiro atoms. The third-order valence-electron chi connectivity index (χ3n) is 2.32. The van der Waals surface area contributed by atoms with Gasteiger partial charge in [0.25, 0.3) is 0 Å². The van der Waals surface area contributed by atoms with E-state index >= 15 is 0 Å². The molecule has 0 aliphatic rings. The molecule has 2 rings (SSSR count). The lowest BCUT2D eigenvalue weighted by atomic mass is 10.1. The van der Waals surface area contributed by atoms with E-state index in [2.05, 4.69) is 9.72 Å². The number of nitrogens with two attached hydrogens (primary N) is 1. The summed E-state index contributed by atoms with van der Waals surface area (Å²) in [6.07, 6.45) is -3.35. The van der Waals surface area contributed by atoms with E-state index in [0.29, 0.717) is 11.1 Å². The molecule has 2 aromatic rings. The third-order valence-corrected chi connectivity index (χ3v) is 2.32. The molecule has 0 unspecified atom stereocenters. The SMILES string of the molecule is Nc1cc(-c2ccc(OC(F)(F)F)cc2)cnc1O. The molecule has 0 saturated heterocycles. The summed E-state index contributed by atoms with van der Waals surface area (Å²) in [5.74, 6) is -0.600. The van der Waals surface area contributed by atoms with Gasteiger partial charge in [0.1, 0.15) is 5.75 Å². The smallest absolute Gasteiger partial charge is 0.492 e. The van der Waals surface area contributed by atoms with E-state index in [4.69, 9.17) is 5.73 Å². The lowest BCUT2D eigenvalue weighted by Crippen LogP contribution is -2.16. The van der Waals surface area contributed by atoms with Crippen LogP contribution in [0.15, 0.2) is 36.5 Å². The van der Waals surface area contributed by atoms with Crippen molar-refractivity contribution in [3.63, 3.8) is 0 Å². The molecule has 0 atom stereocenters. The standard InChI is InChI=1S/C12H9F3N2O2/c13-12(14,15)19-9-3-1-7(2-4-9)8-5-10(16)11(18)17-6-8/h1-6H,16H2,(H,17,18). The van der Waals surface area contributed by atoms with Gasteiger partial charge in [-0.1, -0.05) is 12.1 Å². The van der Waals surface area contributed by atoms with E-state index in [1.807, 2.05) is 0 Å². The summed E-state index contributed by atoms with van der Waals surface area (Å²) in [6.45, 7) is 0. The number of hydrogen-bond acceptors (Lipinski definition) is 4. The van der Waals surface area contributed by atoms with Crippen LogP contribution >= 0.6 is 0 Å². The highest BCUT2D eigenvalue weighted by molar-refractivity contribution is 5.68. The fraction of sp³-hybridized carbons (Fsp3) is 0.0833. The Morgan fingerprint density at radius 2 is 1.74 bits per heavy atom. The number of aromatic nitrogens is 1. The maximum Gasteiger partial charge on any atom is 0.573 e. The molecular formula is C12H9F3N2O2. The van der Waals surface area contributed by atoms with E-state index in [1.54, 1.807) is 0 Å². The summed E-state index contributed by atoms with van der Waals surface area (Å²) in [7, 11) is 0. The highest BCUT2D eigenvalue weighted by Gasteiger charge is 2.30. The number of pyridine rings is 1. The molecule has 0 aliphatic heterocycles. The summed E-state index contributed by atoms with van der Waals surface area (Å²) < 4.78 is 39.7. The van der Waals surface area contributed by atoms with Crippen molar-refractivity contribution in [2.75, 3.05) is 5.73 Å². The fourth-order valence-corrected chi connectivity index (χ4v) is 1.48. The van der Waals surface area contributed by atoms with Crippen molar-refractivity contribution < 1.29 is 23.0 Å². The molecule has 0 aliphatic carbocycles. The van der Waals surface area contributed by atoms with Crippen LogP contribution in [0.2, 0.25) is 0 Å². The largest absolute Gasteiger partial charge is 0.573 e. The molecular weight excluding hydrogens is 261 g/mol. The van der Waals surface area contributed by atoms with Crippen LogP contribution in [0, 0.1) is 0 Å². The zero-order chi connectivity index (χ0) is 14.0. The Kier molecular flexibility index (Phi) is 3.20. The number of rotatable bonds is 2. The quantitative estimate of drug-likeness (QED) is 0.880. The molecule has 0 amide bonds. The van der Waals surface area contributed by atoms with Gasteiger partial charge in [-0.05, 0) is 23.8 Å². The minimum absolute atomic E-state index is 0.0909. The van der Waals surface area contributed by atoms with Gasteiger partial charge in [0.2, 0.25) is 5.88 Å². The van der Waals surface area contributed by atoms with Gasteiger partial charge < -0.3 is 15.6 Å². The van der Waals surface area contributed by atoms with Gasteiger partial charge in [-0.15, -0.1) is 13.2 Å². The van der Waals surface area contributed by atoms with Gasteiger partial charge >= 0.3 is 6.36 Å². The van der Waals surface area contributed by atoms with Gasteiger partial charge in [-0.3, -0.25) is 0 Å². The topological polar surface area (TPSA) is 68.4 Å². The van der Waals surface area contributed by atoms with Gasteiger partial charge in [0.05, 0.1) is 5.69 Å². The van der Waals surface area contributed by atoms with Crippen molar-refractivity contribution in [1.29, 1.82) is 0 Å². The Morgan fingerprint density at radius 1 is 1.11 bits per heavy atom. The van der Waals surface area contributed by atoms with E-state index in [9.17, 15) is 18.3 Å². The second-order valence-corrected chi connectivity index (χ2v) is 3.71. The average molecular weight is 270 g/mol. The Bertz CT molecular complexity index is 583. The number of halogens is 3. The molecule has 0 radical (unpaired) electrons. The molecule has 1 heterocycles. The lowest BCUT2D eigenvalue weighted by molar-refractivity contribution is -0.274. The van der Waals surface area contributed by atoms with E-state index < -0.39 is 6.36 Å². The predicted molar refractivity (Wildman–Crippen MR) is 62.4 cm³/mol. The minimum Gasteiger partial charge on any atom is -0.492 e. The first-order chi connectivity index (χ1) is 8.85. The van der Waals surface area contributed by atoms with Gasteiger partial charge in [-0.25, -0.2) is 4.98 Å². The Morgan fingerprint density at radius 3 is 2.26 bits per heavy atom. The Balaban J connectivity index is 2.25. The maximum absolute atomic E-state index is 12.0. The van der Waals surface area contributed by atoms with Gasteiger partial charge in [0, 0.05) is 11.8 Å². The first-order valence-corrected chi connectivity index (χ1v) is 5.16. The number of anilines is 1. The monoisotopic (exact) mass is 270 g/mol. The highest BCUT2D eigenvalue weighted by atomic mass is 19.4. The molecule has 1 aromatic carbocycles. The summed E-state index contributed by atoms with van der Waals surface area (Å²) in [5.41, 5.74) is 6.76. The van der Waals surface area contributed by atoms with Gasteiger partial charge in [0.15, 0.2) is 0 Å². The maximum atomic E-state index is 12.0. The van der Waals surface area contributed by atoms with Crippen LogP contribution in [0.3, 0.4) is 0 Å². The summed E-state index contributed by atoms with van der Waals surface area (Å²) in [4.78, 5) is 3.66. The predicted octanol–water partition coefficient (Wildman–Crippen LogP) is 2.94. The molecule has 19 heavy (non-hydrogen) atoms. The van der Waals surface area contributed by atoms with E-state index in [1.165, 1.54) is 36.5 Å². The zero-order valence-electron chi connectivity index (χ0n) is 9.48. The van der Waals surface area contributed by atoms with Crippen LogP contribution in [0.1, 0.15) is 0 Å². The molecule has 0 saturated carbocycles. The minimum atomic E-state index is -4.72. The van der Waals surface area contributed by atoms with Crippen molar-refractivity contribution >= 4 is 5.69 Å². The lowest BCUT2D eigenvalue weighted by Gasteiger charge is -2.09. The average Bonchev–Trinajstić information content (AvgIpc) is 2.32. The van der Waals surface area contributed by atoms with E-state index in [-0.39, 0.29) is 17.3 Å². The van der Waals surface area contributed by atoms with Crippen molar-refractivity contribution in [3.05, 3.63) is 36.5 Å². The van der Waals surface area contributed by atoms with Gasteiger partial charge in [-0.2, -0.15) is 0 Å². The van der Waals surface area contributed by atoms with Crippen LogP contribution in [-0.4, -0.2) is 16.5 Å². The van der Waals surface area contributed by atoms with Crippen LogP contribution in [-0.2, 0) is 0 Å². The van der Waals surface area contributed by atoms with Crippen LogP contribution in [0.5, 0.6) is 11.6 Å². The molecule has 0 fully saturated rings. The van der Waals surface area contributed by atoms with Crippen LogP contribution in [0.4, 0.5) is 18.9 Å². The van der Waals surface area contributed by atoms with Crippen molar-refractivity contribution in [1.82, 2.24) is 4.98 Å². The first-order valence-electron chi connectivity index (χ1n) is 5.16. The Hall–Kier alpha value is -2.44. The molecule has 3 N–H and O–H groups in total. The number of ether oxygens (including phenoxy) is 1. The van der Waals surface area contributed by atoms with Crippen LogP contribution in [0.25, 0.3) is 11.1 Å². The number of hydrogen-bond donors (Lipinski definition) is 2. The number of benzene rings is 1. The third kappa shape index (κ3) is 3.27. The molecule has 100 valence electrons. The number of aromatic hydroxyl groups is 1. The van der Waals surface area contributed by atoms with Crippen molar-refractivity contribution in [3.8, 4) is 22.8 Å². The highest BCUT2D eigenvalue weighted by Crippen LogP contribution is 2.28. The van der Waals surface area contributed by atoms with Crippen molar-refractivity contribution in [2.45, 2.75) is 6.36 Å². The normalized spacial score (nSPS) is 11.3. The van der Waals surface area contributed by atoms with Crippen LogP contribution < -0.4 is 10.5 Å². The molecule has 4 nitrogen and oxygen atoms in total. The summed E-state index contributed by atoms with van der Waals surface area (Å²) in [5, 5.41) is 9.18. The second-order valence-electron chi connectivity index (χ2n) is 3.71.